The van der Waals surface area contributed by atoms with E-state index in [1.165, 1.54) is 0 Å². The summed E-state index contributed by atoms with van der Waals surface area (Å²) >= 11 is 5.06. The van der Waals surface area contributed by atoms with E-state index in [1.807, 2.05) is 36.4 Å². The lowest BCUT2D eigenvalue weighted by molar-refractivity contribution is 0.195. The highest BCUT2D eigenvalue weighted by molar-refractivity contribution is 9.10. The van der Waals surface area contributed by atoms with Gasteiger partial charge in [-0.05, 0) is 41.1 Å². The SMILES string of the molecule is C[C@H](O)c1cccnc1Sc1ccccc1Br. The summed E-state index contributed by atoms with van der Waals surface area (Å²) in [7, 11) is 0. The summed E-state index contributed by atoms with van der Waals surface area (Å²) in [5.74, 6) is 0. The molecule has 0 aliphatic heterocycles. The number of benzene rings is 1. The summed E-state index contributed by atoms with van der Waals surface area (Å²) in [6, 6.07) is 11.7. The molecule has 0 amide bonds. The molecule has 4 heteroatoms. The first kappa shape index (κ1) is 12.6. The Hall–Kier alpha value is -0.840. The molecule has 0 unspecified atom stereocenters. The molecule has 2 rings (SSSR count). The van der Waals surface area contributed by atoms with Crippen LogP contribution in [-0.2, 0) is 0 Å². The summed E-state index contributed by atoms with van der Waals surface area (Å²) in [6.07, 6.45) is 1.24. The molecular formula is C13H12BrNOS. The Kier molecular flexibility index (Phi) is 4.20. The van der Waals surface area contributed by atoms with Crippen molar-refractivity contribution in [2.45, 2.75) is 22.9 Å². The minimum atomic E-state index is -0.506. The van der Waals surface area contributed by atoms with E-state index < -0.39 is 6.10 Å². The average molecular weight is 310 g/mol. The monoisotopic (exact) mass is 309 g/mol. The zero-order valence-corrected chi connectivity index (χ0v) is 11.7. The van der Waals surface area contributed by atoms with Crippen LogP contribution in [0.15, 0.2) is 57.0 Å². The van der Waals surface area contributed by atoms with Crippen LogP contribution in [0, 0.1) is 0 Å². The highest BCUT2D eigenvalue weighted by atomic mass is 79.9. The second-order valence-corrected chi connectivity index (χ2v) is 5.49. The van der Waals surface area contributed by atoms with E-state index in [9.17, 15) is 5.11 Å². The maximum absolute atomic E-state index is 9.69. The van der Waals surface area contributed by atoms with Crippen molar-refractivity contribution < 1.29 is 5.11 Å². The van der Waals surface area contributed by atoms with Crippen LogP contribution in [0.4, 0.5) is 0 Å². The average Bonchev–Trinajstić information content (AvgIpc) is 2.32. The summed E-state index contributed by atoms with van der Waals surface area (Å²) < 4.78 is 1.03. The molecule has 0 radical (unpaired) electrons. The van der Waals surface area contributed by atoms with Crippen LogP contribution in [0.2, 0.25) is 0 Å². The predicted molar refractivity (Wildman–Crippen MR) is 73.1 cm³/mol. The Bertz CT molecular complexity index is 516. The molecule has 1 heterocycles. The van der Waals surface area contributed by atoms with Crippen molar-refractivity contribution >= 4 is 27.7 Å². The molecule has 0 saturated carbocycles. The van der Waals surface area contributed by atoms with E-state index in [-0.39, 0.29) is 0 Å². The van der Waals surface area contributed by atoms with Crippen LogP contribution in [0.25, 0.3) is 0 Å². The molecule has 0 bridgehead atoms. The Morgan fingerprint density at radius 3 is 2.71 bits per heavy atom. The van der Waals surface area contributed by atoms with Crippen LogP contribution >= 0.6 is 27.7 Å². The van der Waals surface area contributed by atoms with Gasteiger partial charge in [-0.3, -0.25) is 0 Å². The van der Waals surface area contributed by atoms with Gasteiger partial charge < -0.3 is 5.11 Å². The number of halogens is 1. The van der Waals surface area contributed by atoms with Crippen molar-refractivity contribution in [3.8, 4) is 0 Å². The zero-order valence-electron chi connectivity index (χ0n) is 9.30. The minimum Gasteiger partial charge on any atom is -0.389 e. The first-order valence-electron chi connectivity index (χ1n) is 5.24. The van der Waals surface area contributed by atoms with Crippen molar-refractivity contribution in [2.24, 2.45) is 0 Å². The number of nitrogens with zero attached hydrogens (tertiary/aromatic N) is 1. The first-order chi connectivity index (χ1) is 8.18. The normalized spacial score (nSPS) is 12.4. The maximum Gasteiger partial charge on any atom is 0.107 e. The molecule has 0 fully saturated rings. The molecule has 17 heavy (non-hydrogen) atoms. The Morgan fingerprint density at radius 2 is 2.00 bits per heavy atom. The molecule has 1 N–H and O–H groups in total. The fraction of sp³-hybridized carbons (Fsp3) is 0.154. The lowest BCUT2D eigenvalue weighted by Gasteiger charge is -2.10. The molecule has 1 aromatic heterocycles. The highest BCUT2D eigenvalue weighted by Crippen LogP contribution is 2.35. The van der Waals surface area contributed by atoms with Gasteiger partial charge in [0.1, 0.15) is 5.03 Å². The van der Waals surface area contributed by atoms with Gasteiger partial charge in [-0.2, -0.15) is 0 Å². The zero-order chi connectivity index (χ0) is 12.3. The molecule has 0 aliphatic carbocycles. The summed E-state index contributed by atoms with van der Waals surface area (Å²) in [5.41, 5.74) is 0.855. The van der Waals surface area contributed by atoms with Gasteiger partial charge in [0.15, 0.2) is 0 Å². The third kappa shape index (κ3) is 3.09. The second kappa shape index (κ2) is 5.67. The molecule has 1 atom stereocenters. The highest BCUT2D eigenvalue weighted by Gasteiger charge is 2.11. The fourth-order valence-corrected chi connectivity index (χ4v) is 2.96. The number of rotatable bonds is 3. The lowest BCUT2D eigenvalue weighted by Crippen LogP contribution is -1.95. The van der Waals surface area contributed by atoms with E-state index in [4.69, 9.17) is 0 Å². The fourth-order valence-electron chi connectivity index (χ4n) is 1.44. The molecule has 2 aromatic rings. The van der Waals surface area contributed by atoms with Gasteiger partial charge in [0.05, 0.1) is 6.10 Å². The Balaban J connectivity index is 2.34. The lowest BCUT2D eigenvalue weighted by atomic mass is 10.2. The largest absolute Gasteiger partial charge is 0.389 e. The quantitative estimate of drug-likeness (QED) is 0.928. The Morgan fingerprint density at radius 1 is 1.24 bits per heavy atom. The second-order valence-electron chi connectivity index (χ2n) is 3.61. The summed E-state index contributed by atoms with van der Waals surface area (Å²) in [4.78, 5) is 5.41. The van der Waals surface area contributed by atoms with Crippen molar-refractivity contribution in [3.05, 3.63) is 52.6 Å². The van der Waals surface area contributed by atoms with Crippen LogP contribution in [0.5, 0.6) is 0 Å². The molecule has 88 valence electrons. The van der Waals surface area contributed by atoms with Crippen LogP contribution < -0.4 is 0 Å². The van der Waals surface area contributed by atoms with Gasteiger partial charge in [-0.25, -0.2) is 4.98 Å². The van der Waals surface area contributed by atoms with Crippen LogP contribution in [0.3, 0.4) is 0 Å². The number of aliphatic hydroxyl groups excluding tert-OH is 1. The van der Waals surface area contributed by atoms with Crippen molar-refractivity contribution in [2.75, 3.05) is 0 Å². The summed E-state index contributed by atoms with van der Waals surface area (Å²) in [6.45, 7) is 1.75. The van der Waals surface area contributed by atoms with E-state index in [2.05, 4.69) is 20.9 Å². The molecular weight excluding hydrogens is 298 g/mol. The molecule has 0 spiro atoms. The first-order valence-corrected chi connectivity index (χ1v) is 6.85. The third-order valence-corrected chi connectivity index (χ3v) is 4.36. The van der Waals surface area contributed by atoms with Crippen molar-refractivity contribution in [1.82, 2.24) is 4.98 Å². The van der Waals surface area contributed by atoms with Gasteiger partial charge in [0, 0.05) is 21.1 Å². The van der Waals surface area contributed by atoms with Gasteiger partial charge in [0.2, 0.25) is 0 Å². The number of hydrogen-bond acceptors (Lipinski definition) is 3. The Labute approximate surface area is 113 Å². The number of aliphatic hydroxyl groups is 1. The van der Waals surface area contributed by atoms with E-state index in [0.29, 0.717) is 0 Å². The number of hydrogen-bond donors (Lipinski definition) is 1. The third-order valence-electron chi connectivity index (χ3n) is 2.29. The van der Waals surface area contributed by atoms with Crippen LogP contribution in [-0.4, -0.2) is 10.1 Å². The van der Waals surface area contributed by atoms with Crippen molar-refractivity contribution in [3.63, 3.8) is 0 Å². The summed E-state index contributed by atoms with van der Waals surface area (Å²) in [5, 5.41) is 10.5. The number of aromatic nitrogens is 1. The van der Waals surface area contributed by atoms with Crippen LogP contribution in [0.1, 0.15) is 18.6 Å². The van der Waals surface area contributed by atoms with Crippen molar-refractivity contribution in [1.29, 1.82) is 0 Å². The minimum absolute atomic E-state index is 0.506. The standard InChI is InChI=1S/C13H12BrNOS/c1-9(16)10-5-4-8-15-13(10)17-12-7-3-2-6-11(12)14/h2-9,16H,1H3/t9-/m0/s1. The topological polar surface area (TPSA) is 33.1 Å². The van der Waals surface area contributed by atoms with Gasteiger partial charge in [-0.1, -0.05) is 30.0 Å². The smallest absolute Gasteiger partial charge is 0.107 e. The van der Waals surface area contributed by atoms with E-state index >= 15 is 0 Å². The molecule has 0 saturated heterocycles. The van der Waals surface area contributed by atoms with E-state index in [0.717, 1.165) is 20.0 Å². The van der Waals surface area contributed by atoms with Gasteiger partial charge in [0.25, 0.3) is 0 Å². The van der Waals surface area contributed by atoms with E-state index in [1.54, 1.807) is 24.9 Å². The predicted octanol–water partition coefficient (Wildman–Crippen LogP) is 4.05. The molecule has 0 aliphatic rings. The van der Waals surface area contributed by atoms with Gasteiger partial charge in [-0.15, -0.1) is 0 Å². The maximum atomic E-state index is 9.69. The molecule has 1 aromatic carbocycles. The molecule has 2 nitrogen and oxygen atoms in total. The van der Waals surface area contributed by atoms with Gasteiger partial charge >= 0.3 is 0 Å². The number of pyridine rings is 1.